The van der Waals surface area contributed by atoms with Crippen molar-refractivity contribution in [2.24, 2.45) is 0 Å². The monoisotopic (exact) mass is 520 g/mol. The summed E-state index contributed by atoms with van der Waals surface area (Å²) in [6, 6.07) is 1.35. The maximum atomic E-state index is 11.8. The van der Waals surface area contributed by atoms with Crippen LogP contribution in [-0.2, 0) is 81.9 Å². The molecule has 0 atom stereocenters. The molecule has 9 nitrogen and oxygen atoms in total. The Hall–Kier alpha value is 0.547. The largest absolute Gasteiger partial charge is 0.297 e. The molecule has 0 spiro atoms. The van der Waals surface area contributed by atoms with Crippen LogP contribution in [0.5, 0.6) is 0 Å². The van der Waals surface area contributed by atoms with Crippen LogP contribution in [0, 0.1) is 0 Å². The van der Waals surface area contributed by atoms with E-state index in [1.54, 1.807) is 0 Å². The van der Waals surface area contributed by atoms with Gasteiger partial charge in [0.2, 0.25) is 0 Å². The summed E-state index contributed by atoms with van der Waals surface area (Å²) in [6.07, 6.45) is 0. The van der Waals surface area contributed by atoms with Gasteiger partial charge in [-0.05, 0) is 12.1 Å². The average molecular weight is 523 g/mol. The van der Waals surface area contributed by atoms with E-state index in [0.29, 0.717) is 12.1 Å². The molecule has 1 aromatic rings. The second kappa shape index (κ2) is 9.47. The van der Waals surface area contributed by atoms with Crippen LogP contribution in [0.3, 0.4) is 0 Å². The summed E-state index contributed by atoms with van der Waals surface area (Å²) in [6.45, 7) is 0. The van der Waals surface area contributed by atoms with Gasteiger partial charge < -0.3 is 0 Å². The van der Waals surface area contributed by atoms with Gasteiger partial charge in [0.1, 0.15) is 9.79 Å². The van der Waals surface area contributed by atoms with Crippen LogP contribution in [-0.4, -0.2) is 46.6 Å². The van der Waals surface area contributed by atoms with Crippen LogP contribution in [0.25, 0.3) is 0 Å². The molecule has 0 unspecified atom stereocenters. The van der Waals surface area contributed by atoms with E-state index in [1.807, 2.05) is 0 Å². The normalized spacial score (nSPS) is 12.2. The van der Waals surface area contributed by atoms with Crippen molar-refractivity contribution in [2.75, 3.05) is 21.3 Å². The van der Waals surface area contributed by atoms with Crippen molar-refractivity contribution < 1.29 is 76.8 Å². The molecular weight excluding hydrogens is 511 g/mol. The molecule has 0 aliphatic carbocycles. The number of hydrogen-bond acceptors (Lipinski definition) is 10. The zero-order valence-corrected chi connectivity index (χ0v) is 22.2. The van der Waals surface area contributed by atoms with Crippen molar-refractivity contribution in [1.82, 2.24) is 0 Å². The molecule has 130 valence electrons. The Bertz CT molecular complexity index is 836. The minimum Gasteiger partial charge on any atom is -0.270 e. The number of rotatable bonds is 6. The van der Waals surface area contributed by atoms with Crippen molar-refractivity contribution >= 4 is 43.0 Å². The zero-order chi connectivity index (χ0) is 17.3. The summed E-state index contributed by atoms with van der Waals surface area (Å²) in [5, 5.41) is 0. The third-order valence-corrected chi connectivity index (χ3v) is 7.13. The van der Waals surface area contributed by atoms with Crippen molar-refractivity contribution in [3.63, 3.8) is 0 Å². The fourth-order valence-electron chi connectivity index (χ4n) is 1.36. The van der Waals surface area contributed by atoms with Crippen LogP contribution in [0.15, 0.2) is 31.7 Å². The molecule has 0 N–H and O–H groups in total. The summed E-state index contributed by atoms with van der Waals surface area (Å²) < 4.78 is 83.5. The first-order chi connectivity index (χ1) is 9.93. The summed E-state index contributed by atoms with van der Waals surface area (Å²) in [5.41, 5.74) is 0. The van der Waals surface area contributed by atoms with Gasteiger partial charge in [0.25, 0.3) is 30.4 Å². The van der Waals surface area contributed by atoms with E-state index < -0.39 is 49.9 Å². The molecular formula is C9H12O9S4Zn2. The van der Waals surface area contributed by atoms with Gasteiger partial charge >= 0.3 is 0 Å². The fourth-order valence-corrected chi connectivity index (χ4v) is 4.69. The predicted molar refractivity (Wildman–Crippen MR) is 76.3 cm³/mol. The molecule has 0 saturated heterocycles. The Morgan fingerprint density at radius 2 is 1.00 bits per heavy atom. The molecule has 0 amide bonds. The predicted octanol–water partition coefficient (Wildman–Crippen LogP) is -0.0244. The smallest absolute Gasteiger partial charge is 0.270 e. The molecule has 0 aliphatic rings. The maximum Gasteiger partial charge on any atom is 0.297 e. The molecule has 24 heavy (non-hydrogen) atoms. The minimum absolute atomic E-state index is 0. The van der Waals surface area contributed by atoms with E-state index in [0.717, 1.165) is 21.3 Å². The fraction of sp³-hybridized carbons (Fsp3) is 0.333. The van der Waals surface area contributed by atoms with Gasteiger partial charge in [-0.15, -0.1) is 12.6 Å². The molecule has 0 saturated carbocycles. The van der Waals surface area contributed by atoms with Gasteiger partial charge in [0.05, 0.1) is 26.2 Å². The minimum atomic E-state index is -4.43. The molecule has 1 rings (SSSR count). The third kappa shape index (κ3) is 5.52. The second-order valence-corrected chi connectivity index (χ2v) is 9.15. The van der Waals surface area contributed by atoms with Gasteiger partial charge in [-0.25, -0.2) is 0 Å². The number of thiol groups is 1. The Morgan fingerprint density at radius 3 is 1.25 bits per heavy atom. The Labute approximate surface area is 171 Å². The standard InChI is InChI=1S/C9H12O9S4.2Zn/c1-16-20(10,11)6-4-7(21(12,13)17-2)9(19)8(5-6)22(14,15)18-3;;/h4-5,19H,1-3H3;;. The first-order valence-electron chi connectivity index (χ1n) is 5.22. The van der Waals surface area contributed by atoms with E-state index in [1.165, 1.54) is 0 Å². The Kier molecular flexibility index (Phi) is 10.6. The SMILES string of the molecule is COS(=O)(=O)c1cc(S(=O)(=O)OC)c(S)c(S(=O)(=O)OC)c1.[Zn].[Zn]. The molecule has 0 aliphatic heterocycles. The van der Waals surface area contributed by atoms with E-state index in [2.05, 4.69) is 25.2 Å². The number of benzene rings is 1. The molecule has 0 radical (unpaired) electrons. The maximum absolute atomic E-state index is 11.8. The van der Waals surface area contributed by atoms with Crippen molar-refractivity contribution in [3.05, 3.63) is 12.1 Å². The first-order valence-corrected chi connectivity index (χ1v) is 9.89. The quantitative estimate of drug-likeness (QED) is 0.311. The Balaban J connectivity index is 0. The molecule has 0 aromatic heterocycles. The summed E-state index contributed by atoms with van der Waals surface area (Å²) >= 11 is 3.82. The molecule has 0 fully saturated rings. The van der Waals surface area contributed by atoms with E-state index in [-0.39, 0.29) is 39.0 Å². The van der Waals surface area contributed by atoms with Gasteiger partial charge in [0.15, 0.2) is 0 Å². The molecule has 15 heteroatoms. The molecule has 1 aromatic carbocycles. The van der Waals surface area contributed by atoms with Gasteiger partial charge in [-0.1, -0.05) is 0 Å². The third-order valence-electron chi connectivity index (χ3n) is 2.50. The van der Waals surface area contributed by atoms with Crippen LogP contribution < -0.4 is 0 Å². The van der Waals surface area contributed by atoms with Gasteiger partial charge in [0, 0.05) is 43.9 Å². The van der Waals surface area contributed by atoms with E-state index >= 15 is 0 Å². The molecule has 0 bridgehead atoms. The zero-order valence-electron chi connectivity index (χ0n) is 12.9. The van der Waals surface area contributed by atoms with Crippen molar-refractivity contribution in [1.29, 1.82) is 0 Å². The summed E-state index contributed by atoms with van der Waals surface area (Å²) in [7, 11) is -10.7. The van der Waals surface area contributed by atoms with Crippen LogP contribution in [0.4, 0.5) is 0 Å². The van der Waals surface area contributed by atoms with Gasteiger partial charge in [-0.3, -0.25) is 12.5 Å². The van der Waals surface area contributed by atoms with Crippen molar-refractivity contribution in [2.45, 2.75) is 19.6 Å². The Morgan fingerprint density at radius 1 is 0.708 bits per heavy atom. The van der Waals surface area contributed by atoms with Crippen LogP contribution in [0.2, 0.25) is 0 Å². The molecule has 0 heterocycles. The van der Waals surface area contributed by atoms with Crippen LogP contribution in [0.1, 0.15) is 0 Å². The van der Waals surface area contributed by atoms with E-state index in [9.17, 15) is 25.3 Å². The number of hydrogen-bond donors (Lipinski definition) is 1. The summed E-state index contributed by atoms with van der Waals surface area (Å²) in [4.78, 5) is -2.77. The average Bonchev–Trinajstić information content (AvgIpc) is 2.46. The van der Waals surface area contributed by atoms with Crippen LogP contribution >= 0.6 is 12.6 Å². The summed E-state index contributed by atoms with van der Waals surface area (Å²) in [5.74, 6) is 0. The second-order valence-electron chi connectivity index (χ2n) is 3.63. The van der Waals surface area contributed by atoms with Gasteiger partial charge in [-0.2, -0.15) is 25.3 Å². The van der Waals surface area contributed by atoms with Crippen molar-refractivity contribution in [3.8, 4) is 0 Å². The van der Waals surface area contributed by atoms with E-state index in [4.69, 9.17) is 0 Å². The first kappa shape index (κ1) is 26.8. The topological polar surface area (TPSA) is 130 Å².